The number of hydrogen-bond donors (Lipinski definition) is 8. The lowest BCUT2D eigenvalue weighted by molar-refractivity contribution is -0.142. The van der Waals surface area contributed by atoms with Crippen LogP contribution >= 0.6 is 24.4 Å². The normalized spacial score (nSPS) is 14.2. The van der Waals surface area contributed by atoms with Crippen molar-refractivity contribution >= 4 is 64.9 Å². The Morgan fingerprint density at radius 2 is 1.65 bits per heavy atom. The third-order valence-corrected chi connectivity index (χ3v) is 6.57. The number of benzene rings is 1. The van der Waals surface area contributed by atoms with Crippen LogP contribution in [0.25, 0.3) is 10.9 Å². The SMILES string of the molecule is CSCCC(NC(=O)C(Cc1c[nH]c2ccccc12)NC(=O)C(CC(N)=O)NC(=O)C(N)CS)C(=O)O. The maximum atomic E-state index is 13.2. The van der Waals surface area contributed by atoms with Crippen LogP contribution in [0.2, 0.25) is 0 Å². The van der Waals surface area contributed by atoms with Crippen molar-refractivity contribution in [2.45, 2.75) is 43.4 Å². The molecule has 0 fully saturated rings. The van der Waals surface area contributed by atoms with E-state index in [1.807, 2.05) is 30.5 Å². The van der Waals surface area contributed by atoms with E-state index in [1.165, 1.54) is 11.8 Å². The molecule has 2 aromatic rings. The second-order valence-electron chi connectivity index (χ2n) is 8.33. The number of para-hydroxylation sites is 1. The maximum absolute atomic E-state index is 13.2. The van der Waals surface area contributed by atoms with Crippen molar-refractivity contribution in [1.82, 2.24) is 20.9 Å². The Morgan fingerprint density at radius 1 is 1.03 bits per heavy atom. The molecular formula is C23H32N6O6S2. The number of thioether (sulfide) groups is 1. The first-order valence-corrected chi connectivity index (χ1v) is 13.4. The van der Waals surface area contributed by atoms with Crippen LogP contribution in [0.1, 0.15) is 18.4 Å². The van der Waals surface area contributed by atoms with Gasteiger partial charge in [-0.2, -0.15) is 24.4 Å². The Labute approximate surface area is 223 Å². The monoisotopic (exact) mass is 552 g/mol. The summed E-state index contributed by atoms with van der Waals surface area (Å²) in [7, 11) is 0. The highest BCUT2D eigenvalue weighted by molar-refractivity contribution is 7.98. The number of primary amides is 1. The van der Waals surface area contributed by atoms with E-state index in [-0.39, 0.29) is 18.6 Å². The van der Waals surface area contributed by atoms with Crippen LogP contribution in [0.5, 0.6) is 0 Å². The van der Waals surface area contributed by atoms with Crippen molar-refractivity contribution in [3.8, 4) is 0 Å². The van der Waals surface area contributed by atoms with Gasteiger partial charge in [-0.05, 0) is 30.1 Å². The molecule has 0 aliphatic carbocycles. The summed E-state index contributed by atoms with van der Waals surface area (Å²) >= 11 is 5.38. The number of amides is 4. The lowest BCUT2D eigenvalue weighted by atomic mass is 10.0. The molecular weight excluding hydrogens is 520 g/mol. The first-order valence-electron chi connectivity index (χ1n) is 11.4. The van der Waals surface area contributed by atoms with Crippen molar-refractivity contribution < 1.29 is 29.1 Å². The standard InChI is InChI=1S/C23H32N6O6S2/c1-37-7-6-16(23(34)35)27-21(32)17(8-12-10-26-15-5-3-2-4-13(12)15)29-22(33)18(9-19(25)30)28-20(31)14(24)11-36/h2-5,10,14,16-18,26,36H,6-9,11,24H2,1H3,(H2,25,30)(H,27,32)(H,28,31)(H,29,33)(H,34,35). The fourth-order valence-electron chi connectivity index (χ4n) is 3.54. The van der Waals surface area contributed by atoms with E-state index in [2.05, 4.69) is 33.6 Å². The molecule has 2 rings (SSSR count). The van der Waals surface area contributed by atoms with Gasteiger partial charge in [-0.25, -0.2) is 4.79 Å². The number of aliphatic carboxylic acids is 1. The molecule has 14 heteroatoms. The fraction of sp³-hybridized carbons (Fsp3) is 0.435. The summed E-state index contributed by atoms with van der Waals surface area (Å²) in [6.45, 7) is 0. The largest absolute Gasteiger partial charge is 0.480 e. The molecule has 0 radical (unpaired) electrons. The molecule has 1 heterocycles. The number of aromatic nitrogens is 1. The van der Waals surface area contributed by atoms with Gasteiger partial charge in [-0.15, -0.1) is 0 Å². The molecule has 0 saturated heterocycles. The van der Waals surface area contributed by atoms with Gasteiger partial charge in [0.15, 0.2) is 0 Å². The van der Waals surface area contributed by atoms with Gasteiger partial charge in [-0.1, -0.05) is 18.2 Å². The Morgan fingerprint density at radius 3 is 2.27 bits per heavy atom. The van der Waals surface area contributed by atoms with Gasteiger partial charge in [-0.3, -0.25) is 19.2 Å². The minimum absolute atomic E-state index is 0.00381. The Bertz CT molecular complexity index is 1130. The van der Waals surface area contributed by atoms with Crippen molar-refractivity contribution in [2.24, 2.45) is 11.5 Å². The molecule has 0 spiro atoms. The smallest absolute Gasteiger partial charge is 0.326 e. The average Bonchev–Trinajstić information content (AvgIpc) is 3.27. The highest BCUT2D eigenvalue weighted by Crippen LogP contribution is 2.19. The highest BCUT2D eigenvalue weighted by atomic mass is 32.2. The molecule has 202 valence electrons. The van der Waals surface area contributed by atoms with Crippen molar-refractivity contribution in [2.75, 3.05) is 17.8 Å². The number of aromatic amines is 1. The first kappa shape index (κ1) is 30.0. The zero-order valence-corrected chi connectivity index (χ0v) is 21.9. The molecule has 37 heavy (non-hydrogen) atoms. The minimum atomic E-state index is -1.40. The fourth-order valence-corrected chi connectivity index (χ4v) is 4.18. The molecule has 1 aromatic heterocycles. The van der Waals surface area contributed by atoms with Gasteiger partial charge in [0.25, 0.3) is 0 Å². The number of H-pyrrole nitrogens is 1. The number of carboxylic acids is 1. The average molecular weight is 553 g/mol. The molecule has 0 aliphatic rings. The molecule has 0 bridgehead atoms. The van der Waals surface area contributed by atoms with E-state index in [4.69, 9.17) is 11.5 Å². The lowest BCUT2D eigenvalue weighted by Gasteiger charge is -2.24. The molecule has 4 unspecified atom stereocenters. The van der Waals surface area contributed by atoms with E-state index in [0.717, 1.165) is 10.9 Å². The third kappa shape index (κ3) is 8.98. The van der Waals surface area contributed by atoms with Crippen molar-refractivity contribution in [3.05, 3.63) is 36.0 Å². The van der Waals surface area contributed by atoms with Crippen molar-refractivity contribution in [1.29, 1.82) is 0 Å². The summed E-state index contributed by atoms with van der Waals surface area (Å²) in [6, 6.07) is 2.50. The van der Waals surface area contributed by atoms with Crippen LogP contribution in [0.4, 0.5) is 0 Å². The number of hydrogen-bond acceptors (Lipinski definition) is 8. The van der Waals surface area contributed by atoms with Crippen LogP contribution in [0.15, 0.2) is 30.5 Å². The van der Waals surface area contributed by atoms with Gasteiger partial charge in [0, 0.05) is 29.3 Å². The molecule has 0 aliphatic heterocycles. The summed E-state index contributed by atoms with van der Waals surface area (Å²) in [4.78, 5) is 64.9. The number of nitrogens with one attached hydrogen (secondary N) is 4. The molecule has 1 aromatic carbocycles. The second-order valence-corrected chi connectivity index (χ2v) is 9.68. The van der Waals surface area contributed by atoms with Crippen LogP contribution in [0, 0.1) is 0 Å². The van der Waals surface area contributed by atoms with Crippen LogP contribution < -0.4 is 27.4 Å². The number of carbonyl (C=O) groups is 5. The molecule has 4 amide bonds. The first-order chi connectivity index (χ1) is 17.6. The summed E-state index contributed by atoms with van der Waals surface area (Å²) < 4.78 is 0. The molecule has 4 atom stereocenters. The van der Waals surface area contributed by atoms with E-state index in [0.29, 0.717) is 11.3 Å². The second kappa shape index (κ2) is 14.5. The van der Waals surface area contributed by atoms with Crippen LogP contribution in [-0.4, -0.2) is 81.6 Å². The molecule has 0 saturated carbocycles. The summed E-state index contributed by atoms with van der Waals surface area (Å²) in [6.07, 6.45) is 3.15. The molecule has 9 N–H and O–H groups in total. The quantitative estimate of drug-likeness (QED) is 0.130. The van der Waals surface area contributed by atoms with Crippen LogP contribution in [-0.2, 0) is 30.4 Å². The Hall–Kier alpha value is -3.23. The van der Waals surface area contributed by atoms with Gasteiger partial charge in [0.2, 0.25) is 23.6 Å². The number of thiol groups is 1. The van der Waals surface area contributed by atoms with E-state index < -0.39 is 60.2 Å². The number of carboxylic acid groups (broad SMARTS) is 1. The minimum Gasteiger partial charge on any atom is -0.480 e. The van der Waals surface area contributed by atoms with E-state index in [9.17, 15) is 29.1 Å². The predicted molar refractivity (Wildman–Crippen MR) is 144 cm³/mol. The maximum Gasteiger partial charge on any atom is 0.326 e. The number of nitrogens with two attached hydrogens (primary N) is 2. The summed E-state index contributed by atoms with van der Waals surface area (Å²) in [5.41, 5.74) is 12.4. The Kier molecular flexibility index (Phi) is 11.8. The number of fused-ring (bicyclic) bond motifs is 1. The zero-order chi connectivity index (χ0) is 27.5. The highest BCUT2D eigenvalue weighted by Gasteiger charge is 2.31. The number of rotatable bonds is 15. The Balaban J connectivity index is 2.32. The summed E-state index contributed by atoms with van der Waals surface area (Å²) in [5.74, 6) is -3.89. The van der Waals surface area contributed by atoms with Gasteiger partial charge >= 0.3 is 5.97 Å². The topological polar surface area (TPSA) is 210 Å². The van der Waals surface area contributed by atoms with Gasteiger partial charge in [0.05, 0.1) is 12.5 Å². The summed E-state index contributed by atoms with van der Waals surface area (Å²) in [5, 5.41) is 17.7. The number of carbonyl (C=O) groups excluding carboxylic acids is 4. The van der Waals surface area contributed by atoms with Crippen molar-refractivity contribution in [3.63, 3.8) is 0 Å². The zero-order valence-electron chi connectivity index (χ0n) is 20.2. The van der Waals surface area contributed by atoms with E-state index >= 15 is 0 Å². The van der Waals surface area contributed by atoms with E-state index in [1.54, 1.807) is 6.20 Å². The molecule has 12 nitrogen and oxygen atoms in total. The lowest BCUT2D eigenvalue weighted by Crippen LogP contribution is -2.58. The predicted octanol–water partition coefficient (Wildman–Crippen LogP) is -0.865. The van der Waals surface area contributed by atoms with Crippen LogP contribution in [0.3, 0.4) is 0 Å². The van der Waals surface area contributed by atoms with Gasteiger partial charge < -0.3 is 37.5 Å². The third-order valence-electron chi connectivity index (χ3n) is 5.53. The van der Waals surface area contributed by atoms with Gasteiger partial charge in [0.1, 0.15) is 18.1 Å².